The van der Waals surface area contributed by atoms with Crippen LogP contribution in [0.15, 0.2) is 60.7 Å². The van der Waals surface area contributed by atoms with Crippen LogP contribution in [0.4, 0.5) is 0 Å². The smallest absolute Gasteiger partial charge is 0.303 e. The number of aliphatic carboxylic acids is 2. The third-order valence-corrected chi connectivity index (χ3v) is 4.78. The normalized spacial score (nSPS) is 9.88. The first-order valence-corrected chi connectivity index (χ1v) is 11.5. The summed E-state index contributed by atoms with van der Waals surface area (Å²) in [6.45, 7) is 1.18. The van der Waals surface area contributed by atoms with Gasteiger partial charge in [0.25, 0.3) is 11.8 Å². The second-order valence-corrected chi connectivity index (χ2v) is 7.65. The first-order valence-electron chi connectivity index (χ1n) is 11.5. The van der Waals surface area contributed by atoms with Gasteiger partial charge in [0.15, 0.2) is 0 Å². The first-order chi connectivity index (χ1) is 16.4. The molecule has 0 aliphatic heterocycles. The maximum Gasteiger partial charge on any atom is 0.303 e. The number of carbonyl (C=O) groups is 4. The largest absolute Gasteiger partial charge is 0.481 e. The molecule has 0 saturated carbocycles. The fourth-order valence-corrected chi connectivity index (χ4v) is 2.94. The van der Waals surface area contributed by atoms with Crippen LogP contribution in [0.25, 0.3) is 0 Å². The zero-order chi connectivity index (χ0) is 25.0. The molecule has 0 bridgehead atoms. The summed E-state index contributed by atoms with van der Waals surface area (Å²) in [5.41, 5.74) is 1.30. The number of benzene rings is 2. The molecule has 2 amide bonds. The van der Waals surface area contributed by atoms with Gasteiger partial charge < -0.3 is 20.8 Å². The van der Waals surface area contributed by atoms with Crippen LogP contribution in [0.2, 0.25) is 0 Å². The minimum absolute atomic E-state index is 0.0798. The fourth-order valence-electron chi connectivity index (χ4n) is 2.94. The SMILES string of the molecule is O=C(O)CCCCCNC(=O)c1ccccc1.O=C(O)CCCCCNC(=O)c1ccccc1. The standard InChI is InChI=1S/2C13H17NO3/c2*15-12(16)9-5-2-6-10-14-13(17)11-7-3-1-4-8-11/h2*1,3-4,7-8H,2,5-6,9-10H2,(H,14,17)(H,15,16). The summed E-state index contributed by atoms with van der Waals surface area (Å²) in [5.74, 6) is -1.69. The average molecular weight is 471 g/mol. The molecule has 0 saturated heterocycles. The Labute approximate surface area is 200 Å². The van der Waals surface area contributed by atoms with Gasteiger partial charge in [0.2, 0.25) is 0 Å². The minimum Gasteiger partial charge on any atom is -0.481 e. The number of rotatable bonds is 14. The van der Waals surface area contributed by atoms with Crippen molar-refractivity contribution < 1.29 is 29.4 Å². The molecule has 0 heterocycles. The van der Waals surface area contributed by atoms with Crippen molar-refractivity contribution in [2.24, 2.45) is 0 Å². The predicted molar refractivity (Wildman–Crippen MR) is 130 cm³/mol. The highest BCUT2D eigenvalue weighted by atomic mass is 16.4. The quantitative estimate of drug-likeness (QED) is 0.307. The summed E-state index contributed by atoms with van der Waals surface area (Å²) in [6.07, 6.45) is 4.99. The van der Waals surface area contributed by atoms with Crippen LogP contribution in [0.1, 0.15) is 72.1 Å². The van der Waals surface area contributed by atoms with E-state index in [-0.39, 0.29) is 24.7 Å². The zero-order valence-electron chi connectivity index (χ0n) is 19.4. The molecule has 0 radical (unpaired) electrons. The van der Waals surface area contributed by atoms with Gasteiger partial charge in [-0.2, -0.15) is 0 Å². The van der Waals surface area contributed by atoms with Crippen molar-refractivity contribution in [2.45, 2.75) is 51.4 Å². The van der Waals surface area contributed by atoms with Gasteiger partial charge in [0.1, 0.15) is 0 Å². The molecular formula is C26H34N2O6. The molecule has 4 N–H and O–H groups in total. The Morgan fingerprint density at radius 1 is 0.529 bits per heavy atom. The second-order valence-electron chi connectivity index (χ2n) is 7.65. The van der Waals surface area contributed by atoms with Crippen molar-refractivity contribution in [3.63, 3.8) is 0 Å². The summed E-state index contributed by atoms with van der Waals surface area (Å²) in [6, 6.07) is 18.1. The third kappa shape index (κ3) is 14.4. The summed E-state index contributed by atoms with van der Waals surface area (Å²) in [4.78, 5) is 43.7. The van der Waals surface area contributed by atoms with Crippen molar-refractivity contribution in [1.82, 2.24) is 10.6 Å². The Morgan fingerprint density at radius 2 is 0.882 bits per heavy atom. The Balaban J connectivity index is 0.000000340. The van der Waals surface area contributed by atoms with Crippen LogP contribution in [0.3, 0.4) is 0 Å². The van der Waals surface area contributed by atoms with Gasteiger partial charge in [-0.1, -0.05) is 49.2 Å². The maximum atomic E-state index is 11.6. The van der Waals surface area contributed by atoms with E-state index in [0.717, 1.165) is 25.7 Å². The van der Waals surface area contributed by atoms with Crippen LogP contribution < -0.4 is 10.6 Å². The lowest BCUT2D eigenvalue weighted by atomic mass is 10.2. The summed E-state index contributed by atoms with van der Waals surface area (Å²) in [5, 5.41) is 22.5. The predicted octanol–water partition coefficient (Wildman–Crippen LogP) is 4.12. The van der Waals surface area contributed by atoms with E-state index in [1.54, 1.807) is 24.3 Å². The molecule has 0 atom stereocenters. The van der Waals surface area contributed by atoms with Crippen LogP contribution in [-0.2, 0) is 9.59 Å². The van der Waals surface area contributed by atoms with Crippen LogP contribution >= 0.6 is 0 Å². The number of carboxylic acid groups (broad SMARTS) is 2. The number of carboxylic acids is 2. The summed E-state index contributed by atoms with van der Waals surface area (Å²) in [7, 11) is 0. The van der Waals surface area contributed by atoms with Crippen molar-refractivity contribution in [1.29, 1.82) is 0 Å². The monoisotopic (exact) mass is 470 g/mol. The lowest BCUT2D eigenvalue weighted by Gasteiger charge is -2.04. The molecule has 8 nitrogen and oxygen atoms in total. The molecule has 0 aromatic heterocycles. The molecule has 2 aromatic rings. The third-order valence-electron chi connectivity index (χ3n) is 4.78. The van der Waals surface area contributed by atoms with Gasteiger partial charge >= 0.3 is 11.9 Å². The number of hydrogen-bond acceptors (Lipinski definition) is 4. The molecule has 0 aliphatic carbocycles. The summed E-state index contributed by atoms with van der Waals surface area (Å²) < 4.78 is 0. The molecule has 8 heteroatoms. The van der Waals surface area contributed by atoms with Gasteiger partial charge in [-0.3, -0.25) is 19.2 Å². The maximum absolute atomic E-state index is 11.6. The Hall–Kier alpha value is -3.68. The highest BCUT2D eigenvalue weighted by Gasteiger charge is 2.04. The average Bonchev–Trinajstić information content (AvgIpc) is 2.84. The van der Waals surface area contributed by atoms with Gasteiger partial charge in [-0.05, 0) is 49.9 Å². The van der Waals surface area contributed by atoms with E-state index < -0.39 is 11.9 Å². The molecule has 2 aromatic carbocycles. The molecular weight excluding hydrogens is 436 g/mol. The van der Waals surface area contributed by atoms with Gasteiger partial charge in [0, 0.05) is 37.1 Å². The van der Waals surface area contributed by atoms with E-state index in [2.05, 4.69) is 10.6 Å². The van der Waals surface area contributed by atoms with Crippen LogP contribution in [-0.4, -0.2) is 47.1 Å². The van der Waals surface area contributed by atoms with E-state index in [1.165, 1.54) is 0 Å². The Kier molecular flexibility index (Phi) is 14.9. The molecule has 2 rings (SSSR count). The van der Waals surface area contributed by atoms with Gasteiger partial charge in [-0.15, -0.1) is 0 Å². The number of nitrogens with one attached hydrogen (secondary N) is 2. The number of hydrogen-bond donors (Lipinski definition) is 4. The minimum atomic E-state index is -0.765. The van der Waals surface area contributed by atoms with Gasteiger partial charge in [0.05, 0.1) is 0 Å². The fraction of sp³-hybridized carbons (Fsp3) is 0.385. The van der Waals surface area contributed by atoms with Crippen molar-refractivity contribution in [3.05, 3.63) is 71.8 Å². The van der Waals surface area contributed by atoms with E-state index in [4.69, 9.17) is 10.2 Å². The van der Waals surface area contributed by atoms with E-state index in [9.17, 15) is 19.2 Å². The Morgan fingerprint density at radius 3 is 1.21 bits per heavy atom. The molecule has 184 valence electrons. The lowest BCUT2D eigenvalue weighted by molar-refractivity contribution is -0.138. The van der Waals surface area contributed by atoms with E-state index in [0.29, 0.717) is 37.1 Å². The molecule has 34 heavy (non-hydrogen) atoms. The van der Waals surface area contributed by atoms with Crippen LogP contribution in [0, 0.1) is 0 Å². The van der Waals surface area contributed by atoms with Crippen LogP contribution in [0.5, 0.6) is 0 Å². The molecule has 0 fully saturated rings. The molecule has 0 unspecified atom stereocenters. The van der Waals surface area contributed by atoms with E-state index >= 15 is 0 Å². The number of carbonyl (C=O) groups excluding carboxylic acids is 2. The van der Waals surface area contributed by atoms with E-state index in [1.807, 2.05) is 36.4 Å². The van der Waals surface area contributed by atoms with Crippen molar-refractivity contribution in [2.75, 3.05) is 13.1 Å². The van der Waals surface area contributed by atoms with Crippen molar-refractivity contribution >= 4 is 23.8 Å². The second kappa shape index (κ2) is 17.8. The van der Waals surface area contributed by atoms with Gasteiger partial charge in [-0.25, -0.2) is 0 Å². The van der Waals surface area contributed by atoms with Crippen molar-refractivity contribution in [3.8, 4) is 0 Å². The topological polar surface area (TPSA) is 133 Å². The lowest BCUT2D eigenvalue weighted by Crippen LogP contribution is -2.24. The zero-order valence-corrected chi connectivity index (χ0v) is 19.4. The first kappa shape index (κ1) is 28.4. The molecule has 0 aliphatic rings. The summed E-state index contributed by atoms with van der Waals surface area (Å²) >= 11 is 0. The molecule has 0 spiro atoms. The highest BCUT2D eigenvalue weighted by molar-refractivity contribution is 5.94. The number of unbranched alkanes of at least 4 members (excludes halogenated alkanes) is 4. The Bertz CT molecular complexity index is 798. The highest BCUT2D eigenvalue weighted by Crippen LogP contribution is 2.02. The number of amides is 2.